The van der Waals surface area contributed by atoms with Gasteiger partial charge in [0.1, 0.15) is 0 Å². The van der Waals surface area contributed by atoms with Crippen LogP contribution in [0.2, 0.25) is 0 Å². The van der Waals surface area contributed by atoms with Crippen molar-refractivity contribution in [3.05, 3.63) is 71.8 Å². The number of rotatable bonds is 8. The van der Waals surface area contributed by atoms with Gasteiger partial charge in [-0.2, -0.15) is 0 Å². The van der Waals surface area contributed by atoms with Crippen LogP contribution in [0, 0.1) is 13.8 Å². The molecular formula is C24H28N4OS. The Balaban J connectivity index is 1.75. The van der Waals surface area contributed by atoms with Crippen molar-refractivity contribution in [2.24, 2.45) is 0 Å². The van der Waals surface area contributed by atoms with E-state index in [1.807, 2.05) is 42.7 Å². The summed E-state index contributed by atoms with van der Waals surface area (Å²) in [6.45, 7) is 12.8. The van der Waals surface area contributed by atoms with Crippen molar-refractivity contribution in [2.75, 3.05) is 11.1 Å². The van der Waals surface area contributed by atoms with Gasteiger partial charge in [0, 0.05) is 17.8 Å². The molecule has 30 heavy (non-hydrogen) atoms. The molecule has 0 saturated carbocycles. The molecule has 1 amide bonds. The van der Waals surface area contributed by atoms with Gasteiger partial charge in [-0.3, -0.25) is 9.36 Å². The number of nitrogens with zero attached hydrogens (tertiary/aromatic N) is 3. The van der Waals surface area contributed by atoms with E-state index in [-0.39, 0.29) is 11.7 Å². The summed E-state index contributed by atoms with van der Waals surface area (Å²) in [4.78, 5) is 12.5. The molecule has 0 aliphatic heterocycles. The lowest BCUT2D eigenvalue weighted by Gasteiger charge is -2.12. The zero-order valence-electron chi connectivity index (χ0n) is 18.0. The molecule has 0 aliphatic rings. The third-order valence-electron chi connectivity index (χ3n) is 4.94. The van der Waals surface area contributed by atoms with Crippen LogP contribution in [-0.2, 0) is 11.3 Å². The zero-order chi connectivity index (χ0) is 21.7. The first-order valence-corrected chi connectivity index (χ1v) is 11.0. The van der Waals surface area contributed by atoms with E-state index in [1.165, 1.54) is 17.3 Å². The molecule has 1 aromatic heterocycles. The maximum atomic E-state index is 12.5. The predicted octanol–water partition coefficient (Wildman–Crippen LogP) is 5.60. The van der Waals surface area contributed by atoms with Gasteiger partial charge in [-0.05, 0) is 36.5 Å². The number of anilines is 1. The number of carbonyl (C=O) groups excluding carboxylic acids is 1. The summed E-state index contributed by atoms with van der Waals surface area (Å²) in [5.41, 5.74) is 5.26. The van der Waals surface area contributed by atoms with Crippen LogP contribution in [0.15, 0.2) is 60.3 Å². The molecular weight excluding hydrogens is 392 g/mol. The van der Waals surface area contributed by atoms with Gasteiger partial charge in [-0.1, -0.05) is 74.1 Å². The normalized spacial score (nSPS) is 11.0. The number of nitrogens with one attached hydrogen (secondary N) is 1. The van der Waals surface area contributed by atoms with Gasteiger partial charge in [0.2, 0.25) is 5.91 Å². The second-order valence-electron chi connectivity index (χ2n) is 7.59. The second kappa shape index (κ2) is 9.76. The van der Waals surface area contributed by atoms with Crippen LogP contribution >= 0.6 is 11.8 Å². The molecule has 156 valence electrons. The lowest BCUT2D eigenvalue weighted by atomic mass is 10.0. The van der Waals surface area contributed by atoms with E-state index in [9.17, 15) is 4.79 Å². The highest BCUT2D eigenvalue weighted by Crippen LogP contribution is 2.26. The van der Waals surface area contributed by atoms with Crippen molar-refractivity contribution in [2.45, 2.75) is 45.3 Å². The molecule has 0 atom stereocenters. The molecule has 0 bridgehead atoms. The largest absolute Gasteiger partial charge is 0.325 e. The third-order valence-corrected chi connectivity index (χ3v) is 5.91. The summed E-state index contributed by atoms with van der Waals surface area (Å²) in [5.74, 6) is 1.46. The van der Waals surface area contributed by atoms with Gasteiger partial charge in [0.25, 0.3) is 0 Å². The van der Waals surface area contributed by atoms with E-state index in [2.05, 4.69) is 60.2 Å². The lowest BCUT2D eigenvalue weighted by molar-refractivity contribution is -0.113. The van der Waals surface area contributed by atoms with Gasteiger partial charge in [-0.25, -0.2) is 0 Å². The summed E-state index contributed by atoms with van der Waals surface area (Å²) in [7, 11) is 0. The average molecular weight is 421 g/mol. The zero-order valence-corrected chi connectivity index (χ0v) is 18.8. The number of thioether (sulfide) groups is 1. The van der Waals surface area contributed by atoms with E-state index in [1.54, 1.807) is 0 Å². The Bertz CT molecular complexity index is 1020. The Hall–Kier alpha value is -2.86. The highest BCUT2D eigenvalue weighted by molar-refractivity contribution is 7.99. The molecule has 0 unspecified atom stereocenters. The molecule has 6 heteroatoms. The van der Waals surface area contributed by atoms with Crippen LogP contribution < -0.4 is 5.32 Å². The molecule has 3 rings (SSSR count). The first-order valence-electron chi connectivity index (χ1n) is 10.0. The maximum absolute atomic E-state index is 12.5. The number of allylic oxidation sites excluding steroid dienone is 1. The predicted molar refractivity (Wildman–Crippen MR) is 125 cm³/mol. The summed E-state index contributed by atoms with van der Waals surface area (Å²) in [6.07, 6.45) is 1.82. The summed E-state index contributed by atoms with van der Waals surface area (Å²) in [6, 6.07) is 14.4. The van der Waals surface area contributed by atoms with Crippen molar-refractivity contribution in [3.8, 4) is 11.4 Å². The number of aryl methyl sites for hydroxylation is 2. The number of hydrogen-bond donors (Lipinski definition) is 1. The monoisotopic (exact) mass is 420 g/mol. The van der Waals surface area contributed by atoms with Crippen LogP contribution in [0.25, 0.3) is 11.4 Å². The van der Waals surface area contributed by atoms with Crippen molar-refractivity contribution >= 4 is 23.4 Å². The van der Waals surface area contributed by atoms with Crippen LogP contribution in [-0.4, -0.2) is 26.4 Å². The maximum Gasteiger partial charge on any atom is 0.234 e. The van der Waals surface area contributed by atoms with Gasteiger partial charge >= 0.3 is 0 Å². The first kappa shape index (κ1) is 21.8. The highest BCUT2D eigenvalue weighted by Gasteiger charge is 2.16. The van der Waals surface area contributed by atoms with Crippen molar-refractivity contribution in [1.29, 1.82) is 0 Å². The molecule has 5 nitrogen and oxygen atoms in total. The molecule has 0 spiro atoms. The minimum atomic E-state index is -0.0617. The SMILES string of the molecule is C=CCn1c(SCC(=O)Nc2c(C)cccc2C)nnc1-c1ccc(C(C)C)cc1. The van der Waals surface area contributed by atoms with Crippen LogP contribution in [0.1, 0.15) is 36.5 Å². The Morgan fingerprint density at radius 1 is 1.13 bits per heavy atom. The molecule has 1 N–H and O–H groups in total. The topological polar surface area (TPSA) is 59.8 Å². The first-order chi connectivity index (χ1) is 14.4. The van der Waals surface area contributed by atoms with Gasteiger partial charge < -0.3 is 5.32 Å². The summed E-state index contributed by atoms with van der Waals surface area (Å²) in [5, 5.41) is 12.4. The fraction of sp³-hybridized carbons (Fsp3) is 0.292. The standard InChI is InChI=1S/C24H28N4OS/c1-6-14-28-23(20-12-10-19(11-13-20)16(2)3)26-27-24(28)30-15-21(29)25-22-17(4)8-7-9-18(22)5/h6-13,16H,1,14-15H2,2-5H3,(H,25,29). The van der Waals surface area contributed by atoms with Crippen molar-refractivity contribution < 1.29 is 4.79 Å². The fourth-order valence-corrected chi connectivity index (χ4v) is 3.98. The van der Waals surface area contributed by atoms with Gasteiger partial charge in [0.15, 0.2) is 11.0 Å². The minimum Gasteiger partial charge on any atom is -0.325 e. The van der Waals surface area contributed by atoms with Crippen LogP contribution in [0.3, 0.4) is 0 Å². The molecule has 0 radical (unpaired) electrons. The molecule has 3 aromatic rings. The number of amides is 1. The molecule has 2 aromatic carbocycles. The molecule has 1 heterocycles. The van der Waals surface area contributed by atoms with E-state index >= 15 is 0 Å². The summed E-state index contributed by atoms with van der Waals surface area (Å²) >= 11 is 1.38. The number of para-hydroxylation sites is 1. The third kappa shape index (κ3) is 5.00. The highest BCUT2D eigenvalue weighted by atomic mass is 32.2. The lowest BCUT2D eigenvalue weighted by Crippen LogP contribution is -2.16. The number of benzene rings is 2. The second-order valence-corrected chi connectivity index (χ2v) is 8.53. The van der Waals surface area contributed by atoms with E-state index in [0.29, 0.717) is 17.6 Å². The van der Waals surface area contributed by atoms with Crippen LogP contribution in [0.4, 0.5) is 5.69 Å². The number of hydrogen-bond acceptors (Lipinski definition) is 4. The van der Waals surface area contributed by atoms with Crippen molar-refractivity contribution in [3.63, 3.8) is 0 Å². The Kier molecular flexibility index (Phi) is 7.11. The Morgan fingerprint density at radius 2 is 1.80 bits per heavy atom. The van der Waals surface area contributed by atoms with E-state index in [4.69, 9.17) is 0 Å². The smallest absolute Gasteiger partial charge is 0.234 e. The molecule has 0 saturated heterocycles. The quantitative estimate of drug-likeness (QED) is 0.380. The molecule has 0 fully saturated rings. The Labute approximate surface area is 182 Å². The number of carbonyl (C=O) groups is 1. The fourth-order valence-electron chi connectivity index (χ4n) is 3.24. The van der Waals surface area contributed by atoms with Gasteiger partial charge in [0.05, 0.1) is 5.75 Å². The van der Waals surface area contributed by atoms with E-state index < -0.39 is 0 Å². The molecule has 0 aliphatic carbocycles. The average Bonchev–Trinajstić information content (AvgIpc) is 3.12. The minimum absolute atomic E-state index is 0.0617. The van der Waals surface area contributed by atoms with Crippen LogP contribution in [0.5, 0.6) is 0 Å². The van der Waals surface area contributed by atoms with E-state index in [0.717, 1.165) is 28.2 Å². The summed E-state index contributed by atoms with van der Waals surface area (Å²) < 4.78 is 1.99. The Morgan fingerprint density at radius 3 is 2.40 bits per heavy atom. The number of aromatic nitrogens is 3. The van der Waals surface area contributed by atoms with Crippen molar-refractivity contribution in [1.82, 2.24) is 14.8 Å². The van der Waals surface area contributed by atoms with Gasteiger partial charge in [-0.15, -0.1) is 16.8 Å².